The van der Waals surface area contributed by atoms with Crippen molar-refractivity contribution in [3.05, 3.63) is 11.8 Å². The molecule has 106 valence electrons. The minimum Gasteiger partial charge on any atom is -0.370 e. The molecule has 2 rings (SSSR count). The third kappa shape index (κ3) is 3.97. The fourth-order valence-electron chi connectivity index (χ4n) is 2.41. The third-order valence-electron chi connectivity index (χ3n) is 3.37. The van der Waals surface area contributed by atoms with Gasteiger partial charge in [0.05, 0.1) is 0 Å². The summed E-state index contributed by atoms with van der Waals surface area (Å²) in [5.41, 5.74) is 4.28. The Morgan fingerprint density at radius 2 is 1.95 bits per heavy atom. The molecule has 4 nitrogen and oxygen atoms in total. The van der Waals surface area contributed by atoms with E-state index < -0.39 is 11.9 Å². The summed E-state index contributed by atoms with van der Waals surface area (Å²) >= 11 is 0. The molecule has 1 aromatic rings. The highest BCUT2D eigenvalue weighted by Crippen LogP contribution is 2.30. The first-order chi connectivity index (χ1) is 8.95. The molecule has 7 heteroatoms. The monoisotopic (exact) mass is 274 g/mol. The standard InChI is InChI=1S/C12H17F3N4/c13-12(14,15)9-7-10(19-11(16)18-9)17-6-5-8-3-1-2-4-8/h7-8H,1-6H2,(H3,16,17,18,19). The summed E-state index contributed by atoms with van der Waals surface area (Å²) in [5.74, 6) is 0.449. The van der Waals surface area contributed by atoms with E-state index in [1.807, 2.05) is 0 Å². The van der Waals surface area contributed by atoms with Gasteiger partial charge >= 0.3 is 6.18 Å². The van der Waals surface area contributed by atoms with Crippen molar-refractivity contribution in [1.29, 1.82) is 0 Å². The fourth-order valence-corrected chi connectivity index (χ4v) is 2.41. The van der Waals surface area contributed by atoms with Crippen LogP contribution < -0.4 is 11.1 Å². The first kappa shape index (κ1) is 13.9. The highest BCUT2D eigenvalue weighted by Gasteiger charge is 2.33. The van der Waals surface area contributed by atoms with Crippen molar-refractivity contribution >= 4 is 11.8 Å². The predicted octanol–water partition coefficient (Wildman–Crippen LogP) is 3.07. The normalized spacial score (nSPS) is 16.8. The second-order valence-corrected chi connectivity index (χ2v) is 4.86. The molecule has 1 saturated carbocycles. The van der Waals surface area contributed by atoms with Crippen LogP contribution in [-0.4, -0.2) is 16.5 Å². The molecule has 1 heterocycles. The number of hydrogen-bond acceptors (Lipinski definition) is 4. The summed E-state index contributed by atoms with van der Waals surface area (Å²) in [7, 11) is 0. The minimum atomic E-state index is -4.50. The number of nitrogens with zero attached hydrogens (tertiary/aromatic N) is 2. The van der Waals surface area contributed by atoms with Crippen LogP contribution in [0.5, 0.6) is 0 Å². The van der Waals surface area contributed by atoms with E-state index in [-0.39, 0.29) is 11.8 Å². The van der Waals surface area contributed by atoms with E-state index in [1.54, 1.807) is 0 Å². The molecule has 1 fully saturated rings. The highest BCUT2D eigenvalue weighted by atomic mass is 19.4. The SMILES string of the molecule is Nc1nc(NCCC2CCCC2)cc(C(F)(F)F)n1. The van der Waals surface area contributed by atoms with Gasteiger partial charge in [-0.25, -0.2) is 4.98 Å². The molecule has 1 aliphatic carbocycles. The zero-order chi connectivity index (χ0) is 13.9. The number of alkyl halides is 3. The summed E-state index contributed by atoms with van der Waals surface area (Å²) in [6, 6.07) is 0.894. The van der Waals surface area contributed by atoms with E-state index >= 15 is 0 Å². The quantitative estimate of drug-likeness (QED) is 0.885. The lowest BCUT2D eigenvalue weighted by atomic mass is 10.0. The van der Waals surface area contributed by atoms with Gasteiger partial charge in [0.1, 0.15) is 5.82 Å². The summed E-state index contributed by atoms with van der Waals surface area (Å²) in [4.78, 5) is 6.96. The van der Waals surface area contributed by atoms with Crippen LogP contribution in [-0.2, 0) is 6.18 Å². The van der Waals surface area contributed by atoms with Gasteiger partial charge in [-0.05, 0) is 12.3 Å². The van der Waals surface area contributed by atoms with Crippen LogP contribution in [0.15, 0.2) is 6.07 Å². The predicted molar refractivity (Wildman–Crippen MR) is 66.5 cm³/mol. The van der Waals surface area contributed by atoms with Crippen LogP contribution >= 0.6 is 0 Å². The van der Waals surface area contributed by atoms with Crippen molar-refractivity contribution in [1.82, 2.24) is 9.97 Å². The number of nitrogen functional groups attached to an aromatic ring is 1. The zero-order valence-corrected chi connectivity index (χ0v) is 10.5. The molecule has 0 atom stereocenters. The van der Waals surface area contributed by atoms with Gasteiger partial charge in [0, 0.05) is 12.6 Å². The van der Waals surface area contributed by atoms with Crippen molar-refractivity contribution in [2.45, 2.75) is 38.3 Å². The number of anilines is 2. The average molecular weight is 274 g/mol. The molecule has 0 saturated heterocycles. The second-order valence-electron chi connectivity index (χ2n) is 4.86. The first-order valence-electron chi connectivity index (χ1n) is 6.41. The highest BCUT2D eigenvalue weighted by molar-refractivity contribution is 5.41. The molecular formula is C12H17F3N4. The number of hydrogen-bond donors (Lipinski definition) is 2. The van der Waals surface area contributed by atoms with E-state index in [1.165, 1.54) is 25.7 Å². The van der Waals surface area contributed by atoms with E-state index in [0.29, 0.717) is 12.5 Å². The van der Waals surface area contributed by atoms with Gasteiger partial charge in [-0.3, -0.25) is 0 Å². The van der Waals surface area contributed by atoms with Crippen molar-refractivity contribution in [2.24, 2.45) is 5.92 Å². The third-order valence-corrected chi connectivity index (χ3v) is 3.37. The molecule has 3 N–H and O–H groups in total. The first-order valence-corrected chi connectivity index (χ1v) is 6.41. The molecular weight excluding hydrogens is 257 g/mol. The van der Waals surface area contributed by atoms with Crippen LogP contribution in [0.4, 0.5) is 24.9 Å². The van der Waals surface area contributed by atoms with E-state index in [4.69, 9.17) is 5.73 Å². The number of aromatic nitrogens is 2. The van der Waals surface area contributed by atoms with Gasteiger partial charge in [0.25, 0.3) is 0 Å². The Bertz CT molecular complexity index is 427. The average Bonchev–Trinajstić information content (AvgIpc) is 2.80. The van der Waals surface area contributed by atoms with Crippen LogP contribution in [0.1, 0.15) is 37.8 Å². The minimum absolute atomic E-state index is 0.137. The van der Waals surface area contributed by atoms with E-state index in [9.17, 15) is 13.2 Å². The summed E-state index contributed by atoms with van der Waals surface area (Å²) in [6.45, 7) is 0.610. The lowest BCUT2D eigenvalue weighted by molar-refractivity contribution is -0.141. The summed E-state index contributed by atoms with van der Waals surface area (Å²) in [5, 5.41) is 2.89. The lowest BCUT2D eigenvalue weighted by Gasteiger charge is -2.12. The molecule has 1 aliphatic rings. The molecule has 0 unspecified atom stereocenters. The van der Waals surface area contributed by atoms with Gasteiger partial charge in [-0.2, -0.15) is 18.2 Å². The molecule has 0 aliphatic heterocycles. The van der Waals surface area contributed by atoms with Gasteiger partial charge in [0.2, 0.25) is 5.95 Å². The van der Waals surface area contributed by atoms with Gasteiger partial charge < -0.3 is 11.1 Å². The molecule has 0 amide bonds. The zero-order valence-electron chi connectivity index (χ0n) is 10.5. The van der Waals surface area contributed by atoms with Crippen molar-refractivity contribution in [2.75, 3.05) is 17.6 Å². The van der Waals surface area contributed by atoms with Crippen LogP contribution in [0.25, 0.3) is 0 Å². The summed E-state index contributed by atoms with van der Waals surface area (Å²) in [6.07, 6.45) is 1.37. The van der Waals surface area contributed by atoms with Crippen molar-refractivity contribution in [3.8, 4) is 0 Å². The van der Waals surface area contributed by atoms with Crippen LogP contribution in [0, 0.1) is 5.92 Å². The summed E-state index contributed by atoms with van der Waals surface area (Å²) < 4.78 is 37.6. The molecule has 0 radical (unpaired) electrons. The van der Waals surface area contributed by atoms with E-state index in [2.05, 4.69) is 15.3 Å². The maximum Gasteiger partial charge on any atom is 0.433 e. The van der Waals surface area contributed by atoms with Gasteiger partial charge in [-0.15, -0.1) is 0 Å². The van der Waals surface area contributed by atoms with Gasteiger partial charge in [0.15, 0.2) is 5.69 Å². The Morgan fingerprint density at radius 3 is 2.58 bits per heavy atom. The maximum absolute atomic E-state index is 12.5. The van der Waals surface area contributed by atoms with Crippen LogP contribution in [0.2, 0.25) is 0 Å². The Kier molecular flexibility index (Phi) is 4.11. The fraction of sp³-hybridized carbons (Fsp3) is 0.667. The second kappa shape index (κ2) is 5.63. The Labute approximate surface area is 109 Å². The van der Waals surface area contributed by atoms with Crippen molar-refractivity contribution < 1.29 is 13.2 Å². The number of nitrogens with two attached hydrogens (primary N) is 1. The molecule has 19 heavy (non-hydrogen) atoms. The molecule has 0 bridgehead atoms. The van der Waals surface area contributed by atoms with Crippen molar-refractivity contribution in [3.63, 3.8) is 0 Å². The topological polar surface area (TPSA) is 63.8 Å². The Morgan fingerprint density at radius 1 is 1.26 bits per heavy atom. The maximum atomic E-state index is 12.5. The molecule has 0 spiro atoms. The largest absolute Gasteiger partial charge is 0.433 e. The molecule has 0 aromatic carbocycles. The number of nitrogens with one attached hydrogen (secondary N) is 1. The van der Waals surface area contributed by atoms with Gasteiger partial charge in [-0.1, -0.05) is 25.7 Å². The Hall–Kier alpha value is -1.53. The lowest BCUT2D eigenvalue weighted by Crippen LogP contribution is -2.14. The number of halogens is 3. The van der Waals surface area contributed by atoms with Crippen LogP contribution in [0.3, 0.4) is 0 Å². The number of rotatable bonds is 4. The Balaban J connectivity index is 1.94. The van der Waals surface area contributed by atoms with E-state index in [0.717, 1.165) is 12.5 Å². The smallest absolute Gasteiger partial charge is 0.370 e. The molecule has 1 aromatic heterocycles.